The lowest BCUT2D eigenvalue weighted by molar-refractivity contribution is 0.0696. The summed E-state index contributed by atoms with van der Waals surface area (Å²) in [5, 5.41) is 11.1. The average Bonchev–Trinajstić information content (AvgIpc) is 2.47. The summed E-state index contributed by atoms with van der Waals surface area (Å²) in [6.07, 6.45) is -2.92. The molecule has 0 aliphatic rings. The molecule has 7 heteroatoms. The largest absolute Gasteiger partial charge is 0.478 e. The summed E-state index contributed by atoms with van der Waals surface area (Å²) < 4.78 is 38.8. The minimum absolute atomic E-state index is 0.0111. The highest BCUT2D eigenvalue weighted by Crippen LogP contribution is 2.24. The van der Waals surface area contributed by atoms with Crippen molar-refractivity contribution >= 4 is 17.6 Å². The Morgan fingerprint density at radius 1 is 1.05 bits per heavy atom. The van der Waals surface area contributed by atoms with Crippen LogP contribution in [0.1, 0.15) is 32.7 Å². The summed E-state index contributed by atoms with van der Waals surface area (Å²) in [5.41, 5.74) is -0.838. The maximum absolute atomic E-state index is 13.2. The third-order valence-corrected chi connectivity index (χ3v) is 2.88. The van der Waals surface area contributed by atoms with E-state index in [4.69, 9.17) is 5.11 Å². The first kappa shape index (κ1) is 15.6. The Morgan fingerprint density at radius 3 is 2.23 bits per heavy atom. The lowest BCUT2D eigenvalue weighted by Gasteiger charge is -2.10. The molecule has 2 rings (SSSR count). The number of carboxylic acid groups (broad SMARTS) is 1. The first-order valence-electron chi connectivity index (χ1n) is 6.11. The monoisotopic (exact) mass is 309 g/mol. The van der Waals surface area contributed by atoms with E-state index in [0.717, 1.165) is 18.2 Å². The molecule has 0 spiro atoms. The lowest BCUT2D eigenvalue weighted by atomic mass is 10.1. The van der Waals surface area contributed by atoms with Crippen LogP contribution in [0.15, 0.2) is 42.5 Å². The van der Waals surface area contributed by atoms with Gasteiger partial charge in [0.1, 0.15) is 5.82 Å². The molecule has 0 fully saturated rings. The number of alkyl halides is 2. The van der Waals surface area contributed by atoms with Crippen LogP contribution >= 0.6 is 0 Å². The van der Waals surface area contributed by atoms with Crippen molar-refractivity contribution < 1.29 is 27.9 Å². The first-order valence-corrected chi connectivity index (χ1v) is 6.11. The predicted octanol–water partition coefficient (Wildman–Crippen LogP) is 3.71. The number of carboxylic acids is 1. The molecule has 0 aromatic heterocycles. The fraction of sp³-hybridized carbons (Fsp3) is 0.0667. The molecule has 0 saturated heterocycles. The van der Waals surface area contributed by atoms with Crippen molar-refractivity contribution in [3.8, 4) is 0 Å². The van der Waals surface area contributed by atoms with Crippen molar-refractivity contribution in [1.82, 2.24) is 0 Å². The number of carbonyl (C=O) groups excluding carboxylic acids is 1. The highest BCUT2D eigenvalue weighted by molar-refractivity contribution is 6.05. The van der Waals surface area contributed by atoms with Gasteiger partial charge in [-0.3, -0.25) is 4.79 Å². The van der Waals surface area contributed by atoms with Gasteiger partial charge in [-0.2, -0.15) is 0 Å². The van der Waals surface area contributed by atoms with Crippen LogP contribution in [0.5, 0.6) is 0 Å². The molecule has 2 N–H and O–H groups in total. The molecule has 0 radical (unpaired) electrons. The van der Waals surface area contributed by atoms with E-state index in [1.54, 1.807) is 0 Å². The van der Waals surface area contributed by atoms with Crippen LogP contribution < -0.4 is 5.32 Å². The number of amides is 1. The molecule has 4 nitrogen and oxygen atoms in total. The van der Waals surface area contributed by atoms with E-state index < -0.39 is 35.2 Å². The normalized spacial score (nSPS) is 10.5. The van der Waals surface area contributed by atoms with Crippen molar-refractivity contribution in [2.75, 3.05) is 5.32 Å². The molecular formula is C15H10F3NO3. The van der Waals surface area contributed by atoms with Gasteiger partial charge < -0.3 is 10.4 Å². The summed E-state index contributed by atoms with van der Waals surface area (Å²) in [5.74, 6) is -2.85. The zero-order valence-corrected chi connectivity index (χ0v) is 11.0. The average molecular weight is 309 g/mol. The van der Waals surface area contributed by atoms with E-state index in [2.05, 4.69) is 5.32 Å². The van der Waals surface area contributed by atoms with Gasteiger partial charge >= 0.3 is 5.97 Å². The SMILES string of the molecule is O=C(O)c1ccc(NC(=O)c2cc(F)ccc2C(F)F)cc1. The van der Waals surface area contributed by atoms with Gasteiger partial charge in [0.25, 0.3) is 12.3 Å². The summed E-state index contributed by atoms with van der Waals surface area (Å²) in [7, 11) is 0. The molecule has 0 heterocycles. The van der Waals surface area contributed by atoms with Crippen LogP contribution in [-0.4, -0.2) is 17.0 Å². The number of halogens is 3. The van der Waals surface area contributed by atoms with E-state index >= 15 is 0 Å². The van der Waals surface area contributed by atoms with Crippen LogP contribution in [0.25, 0.3) is 0 Å². The van der Waals surface area contributed by atoms with Gasteiger partial charge in [0.2, 0.25) is 0 Å². The smallest absolute Gasteiger partial charge is 0.335 e. The molecule has 0 bridgehead atoms. The Labute approximate surface area is 123 Å². The quantitative estimate of drug-likeness (QED) is 0.904. The van der Waals surface area contributed by atoms with Crippen molar-refractivity contribution in [1.29, 1.82) is 0 Å². The van der Waals surface area contributed by atoms with Crippen molar-refractivity contribution in [3.05, 3.63) is 65.0 Å². The second-order valence-electron chi connectivity index (χ2n) is 4.37. The van der Waals surface area contributed by atoms with E-state index in [9.17, 15) is 22.8 Å². The molecule has 2 aromatic rings. The third kappa shape index (κ3) is 3.43. The predicted molar refractivity (Wildman–Crippen MR) is 72.7 cm³/mol. The Bertz CT molecular complexity index is 714. The van der Waals surface area contributed by atoms with Crippen LogP contribution in [0.3, 0.4) is 0 Å². The number of carbonyl (C=O) groups is 2. The van der Waals surface area contributed by atoms with E-state index in [-0.39, 0.29) is 11.3 Å². The summed E-state index contributed by atoms with van der Waals surface area (Å²) in [6, 6.07) is 7.53. The summed E-state index contributed by atoms with van der Waals surface area (Å²) in [4.78, 5) is 22.7. The summed E-state index contributed by atoms with van der Waals surface area (Å²) >= 11 is 0. The van der Waals surface area contributed by atoms with Crippen molar-refractivity contribution in [2.24, 2.45) is 0 Å². The molecule has 114 valence electrons. The molecule has 2 aromatic carbocycles. The number of hydrogen-bond acceptors (Lipinski definition) is 2. The van der Waals surface area contributed by atoms with Gasteiger partial charge in [0.05, 0.1) is 11.1 Å². The molecule has 0 atom stereocenters. The zero-order chi connectivity index (χ0) is 16.3. The van der Waals surface area contributed by atoms with Crippen molar-refractivity contribution in [3.63, 3.8) is 0 Å². The Kier molecular flexibility index (Phi) is 4.45. The van der Waals surface area contributed by atoms with Gasteiger partial charge in [0.15, 0.2) is 0 Å². The topological polar surface area (TPSA) is 66.4 Å². The molecule has 22 heavy (non-hydrogen) atoms. The maximum atomic E-state index is 13.2. The minimum Gasteiger partial charge on any atom is -0.478 e. The zero-order valence-electron chi connectivity index (χ0n) is 11.0. The molecule has 0 aliphatic carbocycles. The number of benzene rings is 2. The number of hydrogen-bond donors (Lipinski definition) is 2. The standard InChI is InChI=1S/C15H10F3NO3/c16-9-3-6-11(13(17)18)12(7-9)14(20)19-10-4-1-8(2-5-10)15(21)22/h1-7,13H,(H,19,20)(H,21,22). The number of anilines is 1. The summed E-state index contributed by atoms with van der Waals surface area (Å²) in [6.45, 7) is 0. The number of nitrogens with one attached hydrogen (secondary N) is 1. The minimum atomic E-state index is -2.92. The van der Waals surface area contributed by atoms with Gasteiger partial charge in [0, 0.05) is 11.3 Å². The highest BCUT2D eigenvalue weighted by atomic mass is 19.3. The fourth-order valence-corrected chi connectivity index (χ4v) is 1.81. The van der Waals surface area contributed by atoms with Gasteiger partial charge in [-0.15, -0.1) is 0 Å². The Balaban J connectivity index is 2.25. The molecular weight excluding hydrogens is 299 g/mol. The van der Waals surface area contributed by atoms with E-state index in [0.29, 0.717) is 0 Å². The third-order valence-electron chi connectivity index (χ3n) is 2.88. The van der Waals surface area contributed by atoms with Crippen LogP contribution in [0.2, 0.25) is 0 Å². The highest BCUT2D eigenvalue weighted by Gasteiger charge is 2.19. The van der Waals surface area contributed by atoms with E-state index in [1.165, 1.54) is 24.3 Å². The molecule has 0 aliphatic heterocycles. The van der Waals surface area contributed by atoms with Crippen molar-refractivity contribution in [2.45, 2.75) is 6.43 Å². The molecule has 1 amide bonds. The number of aromatic carboxylic acids is 1. The van der Waals surface area contributed by atoms with E-state index in [1.807, 2.05) is 0 Å². The van der Waals surface area contributed by atoms with Crippen LogP contribution in [-0.2, 0) is 0 Å². The Hall–Kier alpha value is -2.83. The fourth-order valence-electron chi connectivity index (χ4n) is 1.81. The number of rotatable bonds is 4. The Morgan fingerprint density at radius 2 is 1.68 bits per heavy atom. The maximum Gasteiger partial charge on any atom is 0.335 e. The lowest BCUT2D eigenvalue weighted by Crippen LogP contribution is -2.15. The van der Waals surface area contributed by atoms with Crippen LogP contribution in [0.4, 0.5) is 18.9 Å². The molecule has 0 saturated carbocycles. The van der Waals surface area contributed by atoms with Gasteiger partial charge in [-0.1, -0.05) is 0 Å². The molecule has 0 unspecified atom stereocenters. The van der Waals surface area contributed by atoms with Gasteiger partial charge in [-0.25, -0.2) is 18.0 Å². The first-order chi connectivity index (χ1) is 10.4. The second-order valence-corrected chi connectivity index (χ2v) is 4.37. The van der Waals surface area contributed by atoms with Crippen LogP contribution in [0, 0.1) is 5.82 Å². The van der Waals surface area contributed by atoms with Gasteiger partial charge in [-0.05, 0) is 42.5 Å². The second kappa shape index (κ2) is 6.30.